The van der Waals surface area contributed by atoms with Gasteiger partial charge in [0.15, 0.2) is 0 Å². The second-order valence-corrected chi connectivity index (χ2v) is 3.43. The maximum atomic E-state index is 4.21. The van der Waals surface area contributed by atoms with Crippen LogP contribution < -0.4 is 0 Å². The van der Waals surface area contributed by atoms with Gasteiger partial charge in [-0.3, -0.25) is 0 Å². The highest BCUT2D eigenvalue weighted by Gasteiger charge is 1.95. The Morgan fingerprint density at radius 1 is 1.60 bits per heavy atom. The first kappa shape index (κ1) is 7.73. The van der Waals surface area contributed by atoms with Crippen LogP contribution in [0.5, 0.6) is 0 Å². The molecule has 0 atom stereocenters. The van der Waals surface area contributed by atoms with Gasteiger partial charge in [0, 0.05) is 4.88 Å². The predicted molar refractivity (Wildman–Crippen MR) is 45.5 cm³/mol. The zero-order valence-electron chi connectivity index (χ0n) is 6.55. The highest BCUT2D eigenvalue weighted by Crippen LogP contribution is 2.11. The van der Waals surface area contributed by atoms with E-state index in [-0.39, 0.29) is 0 Å². The molecule has 1 heterocycles. The number of unbranched alkanes of at least 4 members (excludes halogenated alkanes) is 1. The molecule has 1 rings (SSSR count). The summed E-state index contributed by atoms with van der Waals surface area (Å²) in [5.74, 6) is 0. The van der Waals surface area contributed by atoms with Crippen LogP contribution >= 0.6 is 11.5 Å². The molecule has 0 aliphatic heterocycles. The molecule has 0 saturated heterocycles. The number of nitrogens with zero attached hydrogens (tertiary/aromatic N) is 1. The molecule has 0 radical (unpaired) electrons. The standard InChI is InChI=1S/C8H13NS/c1-3-4-5-8-6-7(2)9-10-8/h6H,3-5H2,1-2H3. The summed E-state index contributed by atoms with van der Waals surface area (Å²) in [6.45, 7) is 4.26. The van der Waals surface area contributed by atoms with Crippen molar-refractivity contribution >= 4 is 11.5 Å². The third-order valence-electron chi connectivity index (χ3n) is 1.45. The van der Waals surface area contributed by atoms with Crippen LogP contribution in [-0.4, -0.2) is 4.37 Å². The summed E-state index contributed by atoms with van der Waals surface area (Å²) in [7, 11) is 0. The van der Waals surface area contributed by atoms with Gasteiger partial charge in [-0.25, -0.2) is 0 Å². The third-order valence-corrected chi connectivity index (χ3v) is 2.39. The molecule has 0 aliphatic carbocycles. The second kappa shape index (κ2) is 3.71. The molecule has 0 N–H and O–H groups in total. The maximum Gasteiger partial charge on any atom is 0.0514 e. The lowest BCUT2D eigenvalue weighted by Gasteiger charge is -1.89. The van der Waals surface area contributed by atoms with Crippen LogP contribution in [0.3, 0.4) is 0 Å². The van der Waals surface area contributed by atoms with E-state index in [4.69, 9.17) is 0 Å². The van der Waals surface area contributed by atoms with Crippen LogP contribution in [0, 0.1) is 6.92 Å². The lowest BCUT2D eigenvalue weighted by atomic mass is 10.2. The van der Waals surface area contributed by atoms with Crippen LogP contribution in [0.4, 0.5) is 0 Å². The average Bonchev–Trinajstić information content (AvgIpc) is 2.31. The van der Waals surface area contributed by atoms with Crippen LogP contribution in [0.2, 0.25) is 0 Å². The maximum absolute atomic E-state index is 4.21. The van der Waals surface area contributed by atoms with Crippen molar-refractivity contribution in [3.05, 3.63) is 16.6 Å². The van der Waals surface area contributed by atoms with E-state index >= 15 is 0 Å². The minimum atomic E-state index is 1.16. The Morgan fingerprint density at radius 3 is 2.90 bits per heavy atom. The first-order chi connectivity index (χ1) is 4.83. The lowest BCUT2D eigenvalue weighted by Crippen LogP contribution is -1.76. The van der Waals surface area contributed by atoms with Gasteiger partial charge in [-0.15, -0.1) is 0 Å². The molecule has 0 bridgehead atoms. The largest absolute Gasteiger partial charge is 0.198 e. The summed E-state index contributed by atoms with van der Waals surface area (Å²) in [4.78, 5) is 1.43. The molecule has 56 valence electrons. The topological polar surface area (TPSA) is 12.9 Å². The Bertz CT molecular complexity index is 193. The molecule has 0 saturated carbocycles. The molecule has 0 spiro atoms. The third kappa shape index (κ3) is 2.10. The monoisotopic (exact) mass is 155 g/mol. The van der Waals surface area contributed by atoms with Gasteiger partial charge in [0.1, 0.15) is 0 Å². The Kier molecular flexibility index (Phi) is 2.87. The number of aryl methyl sites for hydroxylation is 2. The van der Waals surface area contributed by atoms with Gasteiger partial charge in [0.05, 0.1) is 5.69 Å². The molecule has 1 aromatic rings. The normalized spacial score (nSPS) is 10.2. The van der Waals surface area contributed by atoms with E-state index in [0.29, 0.717) is 0 Å². The van der Waals surface area contributed by atoms with Gasteiger partial charge in [-0.2, -0.15) is 4.37 Å². The predicted octanol–water partition coefficient (Wildman–Crippen LogP) is 2.79. The minimum absolute atomic E-state index is 1.16. The summed E-state index contributed by atoms with van der Waals surface area (Å²) in [5.41, 5.74) is 1.16. The molecular weight excluding hydrogens is 142 g/mol. The lowest BCUT2D eigenvalue weighted by molar-refractivity contribution is 0.804. The fraction of sp³-hybridized carbons (Fsp3) is 0.625. The van der Waals surface area contributed by atoms with Gasteiger partial charge >= 0.3 is 0 Å². The van der Waals surface area contributed by atoms with Gasteiger partial charge < -0.3 is 0 Å². The van der Waals surface area contributed by atoms with Gasteiger partial charge in [0.2, 0.25) is 0 Å². The van der Waals surface area contributed by atoms with Crippen LogP contribution in [0.15, 0.2) is 6.07 Å². The van der Waals surface area contributed by atoms with Crippen molar-refractivity contribution in [3.63, 3.8) is 0 Å². The summed E-state index contributed by atoms with van der Waals surface area (Å²) in [6, 6.07) is 2.18. The van der Waals surface area contributed by atoms with E-state index in [1.807, 2.05) is 6.92 Å². The Labute approximate surface area is 66.3 Å². The molecule has 0 fully saturated rings. The second-order valence-electron chi connectivity index (χ2n) is 2.54. The molecule has 1 nitrogen and oxygen atoms in total. The Balaban J connectivity index is 2.42. The van der Waals surface area contributed by atoms with E-state index in [1.165, 1.54) is 24.1 Å². The smallest absolute Gasteiger partial charge is 0.0514 e. The number of hydrogen-bond acceptors (Lipinski definition) is 2. The molecule has 2 heteroatoms. The molecule has 0 unspecified atom stereocenters. The molecule has 1 aromatic heterocycles. The van der Waals surface area contributed by atoms with Crippen molar-refractivity contribution in [1.29, 1.82) is 0 Å². The zero-order chi connectivity index (χ0) is 7.40. The van der Waals surface area contributed by atoms with E-state index < -0.39 is 0 Å². The minimum Gasteiger partial charge on any atom is -0.198 e. The quantitative estimate of drug-likeness (QED) is 0.654. The first-order valence-electron chi connectivity index (χ1n) is 3.75. The summed E-state index contributed by atoms with van der Waals surface area (Å²) in [6.07, 6.45) is 3.78. The van der Waals surface area contributed by atoms with Gasteiger partial charge in [-0.05, 0) is 37.4 Å². The fourth-order valence-electron chi connectivity index (χ4n) is 0.885. The molecular formula is C8H13NS. The fourth-order valence-corrected chi connectivity index (χ4v) is 1.66. The molecule has 0 aromatic carbocycles. The van der Waals surface area contributed by atoms with Crippen molar-refractivity contribution in [1.82, 2.24) is 4.37 Å². The van der Waals surface area contributed by atoms with Crippen molar-refractivity contribution in [2.75, 3.05) is 0 Å². The van der Waals surface area contributed by atoms with Crippen molar-refractivity contribution in [2.24, 2.45) is 0 Å². The van der Waals surface area contributed by atoms with Crippen molar-refractivity contribution in [2.45, 2.75) is 33.1 Å². The Hall–Kier alpha value is -0.370. The zero-order valence-corrected chi connectivity index (χ0v) is 7.37. The average molecular weight is 155 g/mol. The van der Waals surface area contributed by atoms with Crippen LogP contribution in [0.25, 0.3) is 0 Å². The summed E-state index contributed by atoms with van der Waals surface area (Å²) >= 11 is 1.64. The number of aromatic nitrogens is 1. The Morgan fingerprint density at radius 2 is 2.40 bits per heavy atom. The van der Waals surface area contributed by atoms with Crippen molar-refractivity contribution < 1.29 is 0 Å². The van der Waals surface area contributed by atoms with E-state index in [9.17, 15) is 0 Å². The van der Waals surface area contributed by atoms with Crippen LogP contribution in [-0.2, 0) is 6.42 Å². The van der Waals surface area contributed by atoms with Gasteiger partial charge in [-0.1, -0.05) is 13.3 Å². The van der Waals surface area contributed by atoms with Crippen molar-refractivity contribution in [3.8, 4) is 0 Å². The number of hydrogen-bond donors (Lipinski definition) is 0. The SMILES string of the molecule is CCCCc1cc(C)ns1. The van der Waals surface area contributed by atoms with E-state index in [1.54, 1.807) is 11.5 Å². The molecule has 0 amide bonds. The molecule has 0 aliphatic rings. The van der Waals surface area contributed by atoms with E-state index in [2.05, 4.69) is 17.4 Å². The summed E-state index contributed by atoms with van der Waals surface area (Å²) < 4.78 is 4.21. The van der Waals surface area contributed by atoms with Gasteiger partial charge in [0.25, 0.3) is 0 Å². The summed E-state index contributed by atoms with van der Waals surface area (Å²) in [5, 5.41) is 0. The highest BCUT2D eigenvalue weighted by molar-refractivity contribution is 7.05. The number of rotatable bonds is 3. The first-order valence-corrected chi connectivity index (χ1v) is 4.52. The van der Waals surface area contributed by atoms with Crippen LogP contribution in [0.1, 0.15) is 30.3 Å². The molecule has 10 heavy (non-hydrogen) atoms. The van der Waals surface area contributed by atoms with E-state index in [0.717, 1.165) is 5.69 Å². The highest BCUT2D eigenvalue weighted by atomic mass is 32.1.